The monoisotopic (exact) mass is 417 g/mol. The number of nitrogens with one attached hydrogen (secondary N) is 2. The highest BCUT2D eigenvalue weighted by molar-refractivity contribution is 7.18. The first-order valence-electron chi connectivity index (χ1n) is 9.33. The predicted octanol–water partition coefficient (Wildman–Crippen LogP) is 4.35. The van der Waals surface area contributed by atoms with E-state index in [0.717, 1.165) is 32.5 Å². The Balaban J connectivity index is 1.81. The third kappa shape index (κ3) is 4.33. The van der Waals surface area contributed by atoms with Crippen LogP contribution in [-0.2, 0) is 16.0 Å². The molecule has 0 aliphatic rings. The SMILES string of the molecule is CC(=O)Cc1cc(-c2nc(-c3cccc(NC(C)=O)c3)c(-c3ncc[nH]3)s2)ccn1. The summed E-state index contributed by atoms with van der Waals surface area (Å²) in [6.45, 7) is 3.02. The fourth-order valence-electron chi connectivity index (χ4n) is 3.10. The van der Waals surface area contributed by atoms with E-state index in [1.54, 1.807) is 25.5 Å². The van der Waals surface area contributed by atoms with E-state index in [4.69, 9.17) is 4.98 Å². The second-order valence-corrected chi connectivity index (χ2v) is 7.81. The number of aromatic amines is 1. The summed E-state index contributed by atoms with van der Waals surface area (Å²) in [5.74, 6) is 0.648. The molecule has 3 heterocycles. The maximum atomic E-state index is 11.5. The largest absolute Gasteiger partial charge is 0.344 e. The molecule has 0 saturated carbocycles. The highest BCUT2D eigenvalue weighted by atomic mass is 32.1. The summed E-state index contributed by atoms with van der Waals surface area (Å²) in [5, 5.41) is 3.61. The third-order valence-corrected chi connectivity index (χ3v) is 5.40. The first kappa shape index (κ1) is 19.7. The Bertz CT molecular complexity index is 1210. The molecule has 2 N–H and O–H groups in total. The molecule has 0 bridgehead atoms. The maximum Gasteiger partial charge on any atom is 0.221 e. The number of pyridine rings is 1. The molecule has 150 valence electrons. The first-order chi connectivity index (χ1) is 14.5. The number of imidazole rings is 1. The van der Waals surface area contributed by atoms with Gasteiger partial charge in [-0.2, -0.15) is 0 Å². The van der Waals surface area contributed by atoms with E-state index in [0.29, 0.717) is 11.4 Å². The summed E-state index contributed by atoms with van der Waals surface area (Å²) in [6, 6.07) is 11.3. The normalized spacial score (nSPS) is 10.7. The van der Waals surface area contributed by atoms with E-state index < -0.39 is 0 Å². The van der Waals surface area contributed by atoms with Crippen molar-refractivity contribution in [2.45, 2.75) is 20.3 Å². The number of aromatic nitrogens is 4. The lowest BCUT2D eigenvalue weighted by molar-refractivity contribution is -0.116. The van der Waals surface area contributed by atoms with Crippen molar-refractivity contribution in [3.63, 3.8) is 0 Å². The number of carbonyl (C=O) groups is 2. The molecule has 0 spiro atoms. The molecule has 4 rings (SSSR count). The molecule has 3 aromatic heterocycles. The van der Waals surface area contributed by atoms with Gasteiger partial charge in [0.2, 0.25) is 5.91 Å². The third-order valence-electron chi connectivity index (χ3n) is 4.29. The number of ketones is 1. The van der Waals surface area contributed by atoms with Gasteiger partial charge < -0.3 is 10.3 Å². The number of hydrogen-bond donors (Lipinski definition) is 2. The lowest BCUT2D eigenvalue weighted by Gasteiger charge is -2.05. The van der Waals surface area contributed by atoms with E-state index in [1.807, 2.05) is 36.4 Å². The van der Waals surface area contributed by atoms with Crippen LogP contribution >= 0.6 is 11.3 Å². The number of nitrogens with zero attached hydrogens (tertiary/aromatic N) is 3. The fourth-order valence-corrected chi connectivity index (χ4v) is 4.14. The molecule has 0 radical (unpaired) electrons. The predicted molar refractivity (Wildman–Crippen MR) is 117 cm³/mol. The van der Waals surface area contributed by atoms with Gasteiger partial charge in [-0.15, -0.1) is 11.3 Å². The van der Waals surface area contributed by atoms with Gasteiger partial charge in [-0.05, 0) is 31.2 Å². The Hall–Kier alpha value is -3.65. The van der Waals surface area contributed by atoms with Gasteiger partial charge in [-0.3, -0.25) is 14.6 Å². The molecule has 7 nitrogen and oxygen atoms in total. The fraction of sp³-hybridized carbons (Fsp3) is 0.136. The van der Waals surface area contributed by atoms with Crippen LogP contribution < -0.4 is 5.32 Å². The van der Waals surface area contributed by atoms with Crippen molar-refractivity contribution < 1.29 is 9.59 Å². The Kier molecular flexibility index (Phi) is 5.49. The van der Waals surface area contributed by atoms with Crippen molar-refractivity contribution >= 4 is 28.7 Å². The van der Waals surface area contributed by atoms with Crippen LogP contribution in [0, 0.1) is 0 Å². The first-order valence-corrected chi connectivity index (χ1v) is 10.1. The highest BCUT2D eigenvalue weighted by Crippen LogP contribution is 2.39. The van der Waals surface area contributed by atoms with Gasteiger partial charge in [0.15, 0.2) is 0 Å². The summed E-state index contributed by atoms with van der Waals surface area (Å²) in [7, 11) is 0. The van der Waals surface area contributed by atoms with Gasteiger partial charge in [0, 0.05) is 54.4 Å². The summed E-state index contributed by atoms with van der Waals surface area (Å²) in [5.41, 5.74) is 3.94. The molecule has 4 aromatic rings. The number of hydrogen-bond acceptors (Lipinski definition) is 6. The lowest BCUT2D eigenvalue weighted by Crippen LogP contribution is -2.05. The van der Waals surface area contributed by atoms with Gasteiger partial charge in [0.05, 0.1) is 10.6 Å². The molecular formula is C22H19N5O2S. The average Bonchev–Trinajstić information content (AvgIpc) is 3.37. The van der Waals surface area contributed by atoms with Crippen LogP contribution in [0.4, 0.5) is 5.69 Å². The average molecular weight is 417 g/mol. The summed E-state index contributed by atoms with van der Waals surface area (Å²) < 4.78 is 0. The molecular weight excluding hydrogens is 398 g/mol. The number of benzene rings is 1. The van der Waals surface area contributed by atoms with Crippen molar-refractivity contribution in [3.05, 3.63) is 60.7 Å². The highest BCUT2D eigenvalue weighted by Gasteiger charge is 2.18. The Labute approximate surface area is 177 Å². The zero-order chi connectivity index (χ0) is 21.1. The topological polar surface area (TPSA) is 101 Å². The van der Waals surface area contributed by atoms with Crippen LogP contribution in [0.2, 0.25) is 0 Å². The van der Waals surface area contributed by atoms with E-state index in [1.165, 1.54) is 18.3 Å². The molecule has 30 heavy (non-hydrogen) atoms. The summed E-state index contributed by atoms with van der Waals surface area (Å²) in [4.78, 5) is 40.5. The maximum absolute atomic E-state index is 11.5. The van der Waals surface area contributed by atoms with Gasteiger partial charge >= 0.3 is 0 Å². The van der Waals surface area contributed by atoms with Gasteiger partial charge in [0.1, 0.15) is 16.6 Å². The minimum absolute atomic E-state index is 0.0607. The van der Waals surface area contributed by atoms with E-state index in [9.17, 15) is 9.59 Å². The molecule has 0 saturated heterocycles. The quantitative estimate of drug-likeness (QED) is 0.486. The van der Waals surface area contributed by atoms with Gasteiger partial charge in [-0.1, -0.05) is 12.1 Å². The van der Waals surface area contributed by atoms with E-state index in [-0.39, 0.29) is 18.1 Å². The number of Topliss-reactive ketones (excluding diaryl/α,β-unsaturated/α-hetero) is 1. The molecule has 0 aliphatic heterocycles. The molecule has 0 atom stereocenters. The Morgan fingerprint density at radius 2 is 1.93 bits per heavy atom. The van der Waals surface area contributed by atoms with Gasteiger partial charge in [-0.25, -0.2) is 9.97 Å². The van der Waals surface area contributed by atoms with Crippen molar-refractivity contribution in [3.8, 4) is 32.5 Å². The zero-order valence-electron chi connectivity index (χ0n) is 16.5. The van der Waals surface area contributed by atoms with Crippen LogP contribution in [0.25, 0.3) is 32.5 Å². The van der Waals surface area contributed by atoms with Crippen molar-refractivity contribution in [2.24, 2.45) is 0 Å². The minimum atomic E-state index is -0.132. The molecule has 0 fully saturated rings. The van der Waals surface area contributed by atoms with E-state index >= 15 is 0 Å². The van der Waals surface area contributed by atoms with Crippen LogP contribution in [0.15, 0.2) is 55.0 Å². The standard InChI is InChI=1S/C22H19N5O2S/c1-13(28)10-18-12-16(6-7-23-18)22-27-19(20(30-22)21-24-8-9-25-21)15-4-3-5-17(11-15)26-14(2)29/h3-9,11-12H,10H2,1-2H3,(H,24,25)(H,26,29). The van der Waals surface area contributed by atoms with Crippen LogP contribution in [0.5, 0.6) is 0 Å². The Morgan fingerprint density at radius 3 is 2.67 bits per heavy atom. The molecule has 1 aromatic carbocycles. The number of amides is 1. The number of rotatable bonds is 6. The number of carbonyl (C=O) groups excluding carboxylic acids is 2. The second kappa shape index (κ2) is 8.38. The Morgan fingerprint density at radius 1 is 1.07 bits per heavy atom. The van der Waals surface area contributed by atoms with Crippen LogP contribution in [-0.4, -0.2) is 31.6 Å². The zero-order valence-corrected chi connectivity index (χ0v) is 17.3. The number of anilines is 1. The van der Waals surface area contributed by atoms with Crippen molar-refractivity contribution in [1.82, 2.24) is 19.9 Å². The number of thiazole rings is 1. The van der Waals surface area contributed by atoms with Crippen LogP contribution in [0.3, 0.4) is 0 Å². The molecule has 1 amide bonds. The van der Waals surface area contributed by atoms with Crippen molar-refractivity contribution in [1.29, 1.82) is 0 Å². The smallest absolute Gasteiger partial charge is 0.221 e. The summed E-state index contributed by atoms with van der Waals surface area (Å²) >= 11 is 1.51. The molecule has 8 heteroatoms. The van der Waals surface area contributed by atoms with Gasteiger partial charge in [0.25, 0.3) is 0 Å². The number of H-pyrrole nitrogens is 1. The molecule has 0 aliphatic carbocycles. The molecule has 0 unspecified atom stereocenters. The second-order valence-electron chi connectivity index (χ2n) is 6.81. The van der Waals surface area contributed by atoms with Crippen LogP contribution in [0.1, 0.15) is 19.5 Å². The lowest BCUT2D eigenvalue weighted by atomic mass is 10.1. The summed E-state index contributed by atoms with van der Waals surface area (Å²) in [6.07, 6.45) is 5.45. The van der Waals surface area contributed by atoms with E-state index in [2.05, 4.69) is 20.3 Å². The van der Waals surface area contributed by atoms with Crippen molar-refractivity contribution in [2.75, 3.05) is 5.32 Å². The minimum Gasteiger partial charge on any atom is -0.344 e.